The zero-order valence-corrected chi connectivity index (χ0v) is 17.3. The molecule has 0 amide bonds. The Morgan fingerprint density at radius 1 is 1.00 bits per heavy atom. The average molecular weight is 386 g/mol. The van der Waals surface area contributed by atoms with Crippen LogP contribution in [0.4, 0.5) is 0 Å². The van der Waals surface area contributed by atoms with Gasteiger partial charge in [0.2, 0.25) is 0 Å². The summed E-state index contributed by atoms with van der Waals surface area (Å²) >= 11 is 0. The largest absolute Gasteiger partial charge is 0.304 e. The first-order valence-electron chi connectivity index (χ1n) is 9.92. The van der Waals surface area contributed by atoms with Crippen LogP contribution in [-0.2, 0) is 17.5 Å². The van der Waals surface area contributed by atoms with Gasteiger partial charge >= 0.3 is 0 Å². The third kappa shape index (κ3) is 5.72. The first-order valence-corrected chi connectivity index (χ1v) is 11.1. The summed E-state index contributed by atoms with van der Waals surface area (Å²) in [7, 11) is 1.01. The van der Waals surface area contributed by atoms with Gasteiger partial charge in [-0.1, -0.05) is 55.8 Å². The summed E-state index contributed by atoms with van der Waals surface area (Å²) in [5, 5.41) is 0. The quantitative estimate of drug-likeness (QED) is 0.707. The maximum absolute atomic E-state index is 12.7. The molecule has 3 rings (SSSR count). The van der Waals surface area contributed by atoms with E-state index in [1.54, 1.807) is 0 Å². The number of hydrogen-bond donors (Lipinski definition) is 1. The van der Waals surface area contributed by atoms with Gasteiger partial charge in [-0.25, -0.2) is 8.93 Å². The lowest BCUT2D eigenvalue weighted by atomic mass is 10.0. The Hall–Kier alpha value is -1.53. The van der Waals surface area contributed by atoms with E-state index in [0.717, 1.165) is 68.1 Å². The highest BCUT2D eigenvalue weighted by molar-refractivity contribution is 7.83. The van der Waals surface area contributed by atoms with Crippen molar-refractivity contribution in [2.45, 2.75) is 31.2 Å². The van der Waals surface area contributed by atoms with Crippen molar-refractivity contribution < 1.29 is 4.21 Å². The van der Waals surface area contributed by atoms with E-state index < -0.39 is 11.0 Å². The first-order chi connectivity index (χ1) is 13.2. The highest BCUT2D eigenvalue weighted by atomic mass is 32.2. The molecule has 5 heteroatoms. The number of likely N-dealkylation sites (N-methyl/N-ethyl adjacent to an activating group) is 1. The van der Waals surface area contributed by atoms with Crippen molar-refractivity contribution in [2.75, 3.05) is 39.8 Å². The molecule has 2 aromatic rings. The molecule has 1 aliphatic heterocycles. The van der Waals surface area contributed by atoms with Crippen LogP contribution in [0.1, 0.15) is 25.3 Å². The minimum Gasteiger partial charge on any atom is -0.304 e. The summed E-state index contributed by atoms with van der Waals surface area (Å²) in [6, 6.07) is 16.7. The number of nitrogens with one attached hydrogen (secondary N) is 1. The van der Waals surface area contributed by atoms with E-state index in [9.17, 15) is 4.21 Å². The van der Waals surface area contributed by atoms with Crippen molar-refractivity contribution in [3.05, 3.63) is 54.1 Å². The lowest BCUT2D eigenvalue weighted by Gasteiger charge is -2.32. The van der Waals surface area contributed by atoms with Crippen LogP contribution in [0.25, 0.3) is 11.1 Å². The Balaban J connectivity index is 1.69. The van der Waals surface area contributed by atoms with E-state index >= 15 is 0 Å². The molecule has 0 aromatic heterocycles. The molecule has 0 bridgehead atoms. The number of benzene rings is 2. The van der Waals surface area contributed by atoms with Gasteiger partial charge in [0.1, 0.15) is 11.0 Å². The second-order valence-electron chi connectivity index (χ2n) is 7.29. The van der Waals surface area contributed by atoms with Crippen LogP contribution >= 0.6 is 0 Å². The standard InChI is InChI=1S/C22H31N3OS/c1-3-4-13-23-27(26)22-8-6-5-7-21(22)20-11-9-19(10-12-20)18-25-16-14-24(2)15-17-25/h5-12,23H,3-4,13-18H2,1-2H3. The third-order valence-corrected chi connectivity index (χ3v) is 6.34. The molecule has 1 saturated heterocycles. The smallest absolute Gasteiger partial charge is 0.125 e. The van der Waals surface area contributed by atoms with E-state index in [-0.39, 0.29) is 0 Å². The van der Waals surface area contributed by atoms with E-state index in [2.05, 4.69) is 58.8 Å². The first kappa shape index (κ1) is 20.2. The van der Waals surface area contributed by atoms with Gasteiger partial charge in [0.05, 0.1) is 4.90 Å². The highest BCUT2D eigenvalue weighted by Crippen LogP contribution is 2.26. The minimum atomic E-state index is -1.17. The number of nitrogens with zero attached hydrogens (tertiary/aromatic N) is 2. The number of hydrogen-bond acceptors (Lipinski definition) is 3. The number of unbranched alkanes of at least 4 members (excludes halogenated alkanes) is 1. The van der Waals surface area contributed by atoms with Gasteiger partial charge < -0.3 is 4.90 Å². The molecule has 27 heavy (non-hydrogen) atoms. The van der Waals surface area contributed by atoms with Gasteiger partial charge in [0.15, 0.2) is 0 Å². The molecule has 1 N–H and O–H groups in total. The van der Waals surface area contributed by atoms with E-state index in [1.807, 2.05) is 18.2 Å². The van der Waals surface area contributed by atoms with Crippen molar-refractivity contribution in [1.82, 2.24) is 14.5 Å². The fourth-order valence-corrected chi connectivity index (χ4v) is 4.41. The maximum Gasteiger partial charge on any atom is 0.125 e. The van der Waals surface area contributed by atoms with Crippen LogP contribution < -0.4 is 4.72 Å². The van der Waals surface area contributed by atoms with Crippen LogP contribution in [0.2, 0.25) is 0 Å². The van der Waals surface area contributed by atoms with Gasteiger partial charge in [0.25, 0.3) is 0 Å². The van der Waals surface area contributed by atoms with Gasteiger partial charge in [-0.2, -0.15) is 0 Å². The molecule has 1 heterocycles. The summed E-state index contributed by atoms with van der Waals surface area (Å²) in [6.07, 6.45) is 2.13. The minimum absolute atomic E-state index is 0.779. The molecule has 0 spiro atoms. The molecule has 2 aromatic carbocycles. The Morgan fingerprint density at radius 2 is 1.70 bits per heavy atom. The summed E-state index contributed by atoms with van der Waals surface area (Å²) < 4.78 is 15.8. The molecule has 4 nitrogen and oxygen atoms in total. The maximum atomic E-state index is 12.7. The molecular weight excluding hydrogens is 354 g/mol. The van der Waals surface area contributed by atoms with E-state index in [4.69, 9.17) is 0 Å². The summed E-state index contributed by atoms with van der Waals surface area (Å²) in [5.74, 6) is 0. The topological polar surface area (TPSA) is 35.6 Å². The Labute approximate surface area is 166 Å². The molecule has 0 radical (unpaired) electrons. The number of rotatable bonds is 8. The molecule has 0 saturated carbocycles. The van der Waals surface area contributed by atoms with Gasteiger partial charge in [0, 0.05) is 39.3 Å². The predicted molar refractivity (Wildman–Crippen MR) is 114 cm³/mol. The summed E-state index contributed by atoms with van der Waals surface area (Å²) in [5.41, 5.74) is 3.51. The zero-order valence-electron chi connectivity index (χ0n) is 16.5. The fourth-order valence-electron chi connectivity index (χ4n) is 3.34. The fraction of sp³-hybridized carbons (Fsp3) is 0.455. The van der Waals surface area contributed by atoms with Crippen molar-refractivity contribution in [1.29, 1.82) is 0 Å². The van der Waals surface area contributed by atoms with Gasteiger partial charge in [-0.05, 0) is 36.2 Å². The Morgan fingerprint density at radius 3 is 2.41 bits per heavy atom. The normalized spacial score (nSPS) is 17.1. The highest BCUT2D eigenvalue weighted by Gasteiger charge is 2.14. The van der Waals surface area contributed by atoms with Crippen LogP contribution in [-0.4, -0.2) is 53.8 Å². The molecule has 146 valence electrons. The summed E-state index contributed by atoms with van der Waals surface area (Å²) in [4.78, 5) is 5.75. The average Bonchev–Trinajstić information content (AvgIpc) is 2.70. The van der Waals surface area contributed by atoms with Crippen molar-refractivity contribution >= 4 is 11.0 Å². The van der Waals surface area contributed by atoms with Gasteiger partial charge in [-0.15, -0.1) is 0 Å². The second kappa shape index (κ2) is 10.1. The van der Waals surface area contributed by atoms with Crippen LogP contribution in [0.15, 0.2) is 53.4 Å². The molecule has 1 fully saturated rings. The monoisotopic (exact) mass is 385 g/mol. The molecule has 0 aliphatic carbocycles. The number of piperazine rings is 1. The third-order valence-electron chi connectivity index (χ3n) is 5.12. The summed E-state index contributed by atoms with van der Waals surface area (Å²) in [6.45, 7) is 8.46. The lowest BCUT2D eigenvalue weighted by Crippen LogP contribution is -2.43. The van der Waals surface area contributed by atoms with E-state index in [1.165, 1.54) is 5.56 Å². The zero-order chi connectivity index (χ0) is 19.1. The Bertz CT molecular complexity index is 739. The van der Waals surface area contributed by atoms with Crippen molar-refractivity contribution in [2.24, 2.45) is 0 Å². The SMILES string of the molecule is CCCCNS(=O)c1ccccc1-c1ccc(CN2CCN(C)CC2)cc1. The second-order valence-corrected chi connectivity index (χ2v) is 8.56. The molecular formula is C22H31N3OS. The van der Waals surface area contributed by atoms with Crippen LogP contribution in [0, 0.1) is 0 Å². The van der Waals surface area contributed by atoms with E-state index in [0.29, 0.717) is 0 Å². The van der Waals surface area contributed by atoms with Crippen LogP contribution in [0.5, 0.6) is 0 Å². The molecule has 1 aliphatic rings. The van der Waals surface area contributed by atoms with Crippen molar-refractivity contribution in [3.8, 4) is 11.1 Å². The van der Waals surface area contributed by atoms with Gasteiger partial charge in [-0.3, -0.25) is 4.90 Å². The Kier molecular flexibility index (Phi) is 7.59. The van der Waals surface area contributed by atoms with Crippen molar-refractivity contribution in [3.63, 3.8) is 0 Å². The molecule has 1 unspecified atom stereocenters. The van der Waals surface area contributed by atoms with Crippen LogP contribution in [0.3, 0.4) is 0 Å². The molecule has 1 atom stereocenters. The predicted octanol–water partition coefficient (Wildman–Crippen LogP) is 3.51. The lowest BCUT2D eigenvalue weighted by molar-refractivity contribution is 0.148.